The van der Waals surface area contributed by atoms with Gasteiger partial charge in [-0.15, -0.1) is 0 Å². The fourth-order valence-corrected chi connectivity index (χ4v) is 0.786. The largest absolute Gasteiger partial charge is 0.394 e. The van der Waals surface area contributed by atoms with Crippen molar-refractivity contribution in [2.45, 2.75) is 24.4 Å². The topological polar surface area (TPSA) is 127 Å². The zero-order valence-electron chi connectivity index (χ0n) is 7.15. The zero-order valence-corrected chi connectivity index (χ0v) is 7.15. The van der Waals surface area contributed by atoms with E-state index < -0.39 is 31.0 Å². The van der Waals surface area contributed by atoms with Crippen molar-refractivity contribution in [3.8, 4) is 0 Å². The van der Waals surface area contributed by atoms with Crippen LogP contribution in [0.5, 0.6) is 0 Å². The molecule has 0 aliphatic rings. The van der Waals surface area contributed by atoms with Gasteiger partial charge in [0.05, 0.1) is 6.61 Å². The van der Waals surface area contributed by atoms with E-state index >= 15 is 0 Å². The first-order valence-corrected chi connectivity index (χ1v) is 3.75. The molecule has 0 fully saturated rings. The fourth-order valence-electron chi connectivity index (χ4n) is 0.786. The second-order valence-corrected chi connectivity index (χ2v) is 2.58. The summed E-state index contributed by atoms with van der Waals surface area (Å²) in [4.78, 5) is 23.0. The molecule has 80 valence electrons. The predicted octanol–water partition coefficient (Wildman–Crippen LogP) is -3.04. The molecule has 0 aliphatic heterocycles. The van der Waals surface area contributed by atoms with Gasteiger partial charge in [-0.25, -0.2) is 4.79 Å². The fraction of sp³-hybridized carbons (Fsp3) is 0.714. The molecule has 4 atom stereocenters. The quantitative estimate of drug-likeness (QED) is 0.207. The predicted molar refractivity (Wildman–Crippen MR) is 43.1 cm³/mol. The van der Waals surface area contributed by atoms with Crippen LogP contribution in [0.2, 0.25) is 0 Å². The Labute approximate surface area is 79.3 Å². The molecule has 0 rings (SSSR count). The van der Waals surface area contributed by atoms with Crippen LogP contribution < -0.4 is 0 Å². The van der Waals surface area contributed by atoms with E-state index in [0.29, 0.717) is 0 Å². The normalized spacial score (nSPS) is 18.9. The summed E-state index contributed by atoms with van der Waals surface area (Å²) in [6, 6.07) is -1.50. The van der Waals surface area contributed by atoms with Crippen molar-refractivity contribution in [1.82, 2.24) is 0 Å². The van der Waals surface area contributed by atoms with E-state index in [1.165, 1.54) is 0 Å². The standard InChI is InChI=1S/C7H11NO6/c9-1-4(8-3-11)6(13)7(14)5(12)2-10/h1,4-7,10,12-14H,2H2/t4-,5+,6+,7+/m0/s1. The summed E-state index contributed by atoms with van der Waals surface area (Å²) in [6.07, 6.45) is -3.95. The number of carbonyl (C=O) groups excluding carboxylic acids is 2. The lowest BCUT2D eigenvalue weighted by Gasteiger charge is -2.22. The van der Waals surface area contributed by atoms with E-state index in [0.717, 1.165) is 6.08 Å². The van der Waals surface area contributed by atoms with Crippen LogP contribution in [0.4, 0.5) is 0 Å². The van der Waals surface area contributed by atoms with Gasteiger partial charge in [-0.3, -0.25) is 0 Å². The first-order valence-electron chi connectivity index (χ1n) is 3.75. The van der Waals surface area contributed by atoms with Crippen LogP contribution in [-0.4, -0.2) is 63.8 Å². The highest BCUT2D eigenvalue weighted by Gasteiger charge is 2.30. The first kappa shape index (κ1) is 12.9. The molecule has 0 bridgehead atoms. The number of hydrogen-bond acceptors (Lipinski definition) is 7. The molecule has 14 heavy (non-hydrogen) atoms. The van der Waals surface area contributed by atoms with Crippen LogP contribution in [0.25, 0.3) is 0 Å². The van der Waals surface area contributed by atoms with E-state index in [4.69, 9.17) is 15.3 Å². The highest BCUT2D eigenvalue weighted by molar-refractivity contribution is 5.61. The Morgan fingerprint density at radius 2 is 1.86 bits per heavy atom. The zero-order chi connectivity index (χ0) is 11.1. The number of carbonyl (C=O) groups is 1. The van der Waals surface area contributed by atoms with Crippen LogP contribution in [0.15, 0.2) is 4.99 Å². The van der Waals surface area contributed by atoms with E-state index in [1.54, 1.807) is 0 Å². The summed E-state index contributed by atoms with van der Waals surface area (Å²) in [6.45, 7) is -0.783. The summed E-state index contributed by atoms with van der Waals surface area (Å²) < 4.78 is 0. The van der Waals surface area contributed by atoms with Gasteiger partial charge >= 0.3 is 0 Å². The average Bonchev–Trinajstić information content (AvgIpc) is 2.22. The van der Waals surface area contributed by atoms with Gasteiger partial charge in [0.1, 0.15) is 30.6 Å². The third-order valence-electron chi connectivity index (χ3n) is 1.62. The van der Waals surface area contributed by atoms with Gasteiger partial charge in [-0.05, 0) is 0 Å². The number of isocyanates is 1. The lowest BCUT2D eigenvalue weighted by atomic mass is 10.0. The third kappa shape index (κ3) is 3.33. The van der Waals surface area contributed by atoms with Crippen molar-refractivity contribution in [2.75, 3.05) is 6.61 Å². The molecule has 0 aliphatic carbocycles. The summed E-state index contributed by atoms with van der Waals surface area (Å²) in [7, 11) is 0. The van der Waals surface area contributed by atoms with Crippen molar-refractivity contribution in [2.24, 2.45) is 4.99 Å². The SMILES string of the molecule is O=C=N[C@@H](C=O)[C@@H](O)[C@H](O)[C@H](O)CO. The van der Waals surface area contributed by atoms with Gasteiger partial charge in [-0.1, -0.05) is 0 Å². The summed E-state index contributed by atoms with van der Waals surface area (Å²) in [5.74, 6) is 0. The highest BCUT2D eigenvalue weighted by atomic mass is 16.4. The van der Waals surface area contributed by atoms with Crippen LogP contribution in [0.1, 0.15) is 0 Å². The maximum absolute atomic E-state index is 10.3. The second-order valence-electron chi connectivity index (χ2n) is 2.58. The number of nitrogens with zero attached hydrogens (tertiary/aromatic N) is 1. The number of aliphatic hydroxyl groups is 4. The molecule has 7 nitrogen and oxygen atoms in total. The summed E-state index contributed by atoms with van der Waals surface area (Å²) >= 11 is 0. The Morgan fingerprint density at radius 3 is 2.21 bits per heavy atom. The molecule has 0 aromatic rings. The van der Waals surface area contributed by atoms with Gasteiger partial charge in [-0.2, -0.15) is 4.99 Å². The van der Waals surface area contributed by atoms with Crippen LogP contribution >= 0.6 is 0 Å². The first-order chi connectivity index (χ1) is 6.58. The van der Waals surface area contributed by atoms with E-state index in [-0.39, 0.29) is 6.29 Å². The van der Waals surface area contributed by atoms with Crippen molar-refractivity contribution in [3.05, 3.63) is 0 Å². The number of aliphatic imine (C=N–C) groups is 1. The number of aliphatic hydroxyl groups excluding tert-OH is 4. The van der Waals surface area contributed by atoms with Gasteiger partial charge in [0.15, 0.2) is 0 Å². The molecule has 4 N–H and O–H groups in total. The van der Waals surface area contributed by atoms with Gasteiger partial charge < -0.3 is 25.2 Å². The van der Waals surface area contributed by atoms with Gasteiger partial charge in [0, 0.05) is 0 Å². The van der Waals surface area contributed by atoms with Crippen LogP contribution in [-0.2, 0) is 9.59 Å². The third-order valence-corrected chi connectivity index (χ3v) is 1.62. The molecular weight excluding hydrogens is 194 g/mol. The number of hydrogen-bond donors (Lipinski definition) is 4. The molecular formula is C7H11NO6. The molecule has 0 spiro atoms. The Kier molecular flexibility index (Phi) is 5.86. The molecule has 0 aromatic carbocycles. The number of aldehydes is 1. The maximum atomic E-state index is 10.3. The van der Waals surface area contributed by atoms with E-state index in [9.17, 15) is 14.7 Å². The molecule has 7 heteroatoms. The second kappa shape index (κ2) is 6.36. The van der Waals surface area contributed by atoms with Gasteiger partial charge in [0.2, 0.25) is 6.08 Å². The molecule has 0 saturated heterocycles. The van der Waals surface area contributed by atoms with Crippen LogP contribution in [0, 0.1) is 0 Å². The molecule has 0 aromatic heterocycles. The Morgan fingerprint density at radius 1 is 1.29 bits per heavy atom. The summed E-state index contributed by atoms with van der Waals surface area (Å²) in [5, 5.41) is 35.6. The Hall–Kier alpha value is -1.11. The van der Waals surface area contributed by atoms with Crippen molar-refractivity contribution in [1.29, 1.82) is 0 Å². The minimum absolute atomic E-state index is 0.128. The smallest absolute Gasteiger partial charge is 0.235 e. The minimum atomic E-state index is -1.76. The molecule has 0 unspecified atom stereocenters. The number of rotatable bonds is 6. The summed E-state index contributed by atoms with van der Waals surface area (Å²) in [5.41, 5.74) is 0. The Bertz CT molecular complexity index is 226. The highest BCUT2D eigenvalue weighted by Crippen LogP contribution is 2.05. The van der Waals surface area contributed by atoms with Crippen LogP contribution in [0.3, 0.4) is 0 Å². The monoisotopic (exact) mass is 205 g/mol. The van der Waals surface area contributed by atoms with Gasteiger partial charge in [0.25, 0.3) is 0 Å². The van der Waals surface area contributed by atoms with Crippen molar-refractivity contribution >= 4 is 12.4 Å². The van der Waals surface area contributed by atoms with E-state index in [2.05, 4.69) is 4.99 Å². The molecule has 0 radical (unpaired) electrons. The molecule has 0 heterocycles. The van der Waals surface area contributed by atoms with Crippen molar-refractivity contribution < 1.29 is 30.0 Å². The van der Waals surface area contributed by atoms with E-state index in [1.807, 2.05) is 0 Å². The Balaban J connectivity index is 4.47. The molecule has 0 amide bonds. The lowest BCUT2D eigenvalue weighted by Crippen LogP contribution is -2.45. The lowest BCUT2D eigenvalue weighted by molar-refractivity contribution is -0.118. The van der Waals surface area contributed by atoms with Crippen molar-refractivity contribution in [3.63, 3.8) is 0 Å². The minimum Gasteiger partial charge on any atom is -0.394 e. The average molecular weight is 205 g/mol. The molecule has 0 saturated carbocycles. The maximum Gasteiger partial charge on any atom is 0.235 e.